The van der Waals surface area contributed by atoms with Crippen LogP contribution in [0.2, 0.25) is 0 Å². The van der Waals surface area contributed by atoms with Crippen LogP contribution in [0, 0.1) is 0 Å². The van der Waals surface area contributed by atoms with Gasteiger partial charge in [0.25, 0.3) is 0 Å². The second kappa shape index (κ2) is 10.7. The van der Waals surface area contributed by atoms with Crippen molar-refractivity contribution in [2.45, 2.75) is 63.2 Å². The standard InChI is InChI=1S/C29H36BNO6S/c1-27(2,32)22-13-16-26(31-19-22)25(21-11-14-24(15-12-21)38(7,35)36)18-20-9-8-10-23(17-20)30(34)37-29(5,6)28(3,4)33/h8-19,32-34H,1-7H3/b25-18+. The summed E-state index contributed by atoms with van der Waals surface area (Å²) in [5.41, 5.74) is 0.751. The lowest BCUT2D eigenvalue weighted by atomic mass is 9.76. The highest BCUT2D eigenvalue weighted by Crippen LogP contribution is 2.28. The van der Waals surface area contributed by atoms with Gasteiger partial charge in [0.1, 0.15) is 0 Å². The molecule has 0 atom stereocenters. The molecule has 0 bridgehead atoms. The summed E-state index contributed by atoms with van der Waals surface area (Å²) in [5, 5.41) is 31.5. The number of hydrogen-bond acceptors (Lipinski definition) is 7. The van der Waals surface area contributed by atoms with Crippen molar-refractivity contribution in [3.05, 3.63) is 89.2 Å². The second-order valence-corrected chi connectivity index (χ2v) is 13.1. The monoisotopic (exact) mass is 537 g/mol. The summed E-state index contributed by atoms with van der Waals surface area (Å²) in [6.07, 6.45) is 4.66. The third kappa shape index (κ3) is 7.18. The predicted octanol–water partition coefficient (Wildman–Crippen LogP) is 3.56. The zero-order valence-electron chi connectivity index (χ0n) is 22.9. The summed E-state index contributed by atoms with van der Waals surface area (Å²) in [6.45, 7) is 10.0. The Morgan fingerprint density at radius 2 is 1.58 bits per heavy atom. The first-order chi connectivity index (χ1) is 17.4. The van der Waals surface area contributed by atoms with E-state index in [1.54, 1.807) is 102 Å². The lowest BCUT2D eigenvalue weighted by Crippen LogP contribution is -2.53. The van der Waals surface area contributed by atoms with Gasteiger partial charge in [-0.05, 0) is 82.4 Å². The fraction of sp³-hybridized carbons (Fsp3) is 0.345. The number of hydrogen-bond donors (Lipinski definition) is 3. The molecule has 7 nitrogen and oxygen atoms in total. The van der Waals surface area contributed by atoms with E-state index in [1.807, 2.05) is 12.1 Å². The van der Waals surface area contributed by atoms with Crippen LogP contribution in [-0.4, -0.2) is 53.2 Å². The normalized spacial score (nSPS) is 13.5. The van der Waals surface area contributed by atoms with Crippen LogP contribution in [0.3, 0.4) is 0 Å². The van der Waals surface area contributed by atoms with Crippen molar-refractivity contribution in [1.29, 1.82) is 0 Å². The van der Waals surface area contributed by atoms with Crippen LogP contribution in [-0.2, 0) is 20.1 Å². The first-order valence-corrected chi connectivity index (χ1v) is 14.2. The Labute approximate surface area is 225 Å². The molecule has 0 radical (unpaired) electrons. The third-order valence-electron chi connectivity index (χ3n) is 6.73. The topological polar surface area (TPSA) is 117 Å². The Balaban J connectivity index is 2.07. The van der Waals surface area contributed by atoms with Crippen LogP contribution in [0.4, 0.5) is 0 Å². The number of rotatable bonds is 9. The van der Waals surface area contributed by atoms with E-state index in [9.17, 15) is 23.7 Å². The molecular formula is C29H36BNO6S. The maximum atomic E-state index is 12.0. The van der Waals surface area contributed by atoms with E-state index in [4.69, 9.17) is 4.65 Å². The lowest BCUT2D eigenvalue weighted by molar-refractivity contribution is -0.0982. The zero-order chi connectivity index (χ0) is 28.5. The van der Waals surface area contributed by atoms with Gasteiger partial charge in [0, 0.05) is 23.6 Å². The van der Waals surface area contributed by atoms with Crippen LogP contribution in [0.5, 0.6) is 0 Å². The molecule has 0 aliphatic rings. The first-order valence-electron chi connectivity index (χ1n) is 12.3. The van der Waals surface area contributed by atoms with Crippen LogP contribution in [0.25, 0.3) is 11.6 Å². The summed E-state index contributed by atoms with van der Waals surface area (Å²) in [5.74, 6) is 0. The van der Waals surface area contributed by atoms with Crippen LogP contribution in [0.15, 0.2) is 71.8 Å². The molecule has 0 aliphatic heterocycles. The molecule has 0 saturated heterocycles. The lowest BCUT2D eigenvalue weighted by Gasteiger charge is -2.38. The van der Waals surface area contributed by atoms with Gasteiger partial charge in [0.15, 0.2) is 9.84 Å². The molecule has 3 aromatic rings. The molecule has 9 heteroatoms. The van der Waals surface area contributed by atoms with Crippen molar-refractivity contribution in [1.82, 2.24) is 4.98 Å². The summed E-state index contributed by atoms with van der Waals surface area (Å²) in [6, 6.07) is 17.3. The number of nitrogens with zero attached hydrogens (tertiary/aromatic N) is 1. The molecule has 2 aromatic carbocycles. The van der Waals surface area contributed by atoms with E-state index >= 15 is 0 Å². The van der Waals surface area contributed by atoms with Crippen molar-refractivity contribution in [2.75, 3.05) is 6.26 Å². The first kappa shape index (κ1) is 29.7. The number of sulfone groups is 1. The Morgan fingerprint density at radius 1 is 0.947 bits per heavy atom. The van der Waals surface area contributed by atoms with Crippen LogP contribution < -0.4 is 5.46 Å². The van der Waals surface area contributed by atoms with Gasteiger partial charge in [-0.25, -0.2) is 8.42 Å². The minimum Gasteiger partial charge on any atom is -0.423 e. The van der Waals surface area contributed by atoms with Crippen LogP contribution in [0.1, 0.15) is 63.9 Å². The zero-order valence-corrected chi connectivity index (χ0v) is 23.7. The van der Waals surface area contributed by atoms with Crippen molar-refractivity contribution < 1.29 is 28.3 Å². The summed E-state index contributed by atoms with van der Waals surface area (Å²) < 4.78 is 29.7. The average molecular weight is 537 g/mol. The molecule has 202 valence electrons. The number of pyridine rings is 1. The number of aliphatic hydroxyl groups is 2. The molecule has 0 aliphatic carbocycles. The number of aromatic nitrogens is 1. The second-order valence-electron chi connectivity index (χ2n) is 11.1. The van der Waals surface area contributed by atoms with E-state index in [1.165, 1.54) is 0 Å². The highest BCUT2D eigenvalue weighted by molar-refractivity contribution is 7.90. The number of benzene rings is 2. The Hall–Kier alpha value is -2.82. The molecule has 0 spiro atoms. The van der Waals surface area contributed by atoms with E-state index in [2.05, 4.69) is 4.98 Å². The largest absolute Gasteiger partial charge is 0.491 e. The maximum Gasteiger partial charge on any atom is 0.491 e. The Morgan fingerprint density at radius 3 is 2.08 bits per heavy atom. The molecule has 0 unspecified atom stereocenters. The third-order valence-corrected chi connectivity index (χ3v) is 7.85. The molecule has 1 heterocycles. The molecule has 38 heavy (non-hydrogen) atoms. The quantitative estimate of drug-likeness (QED) is 0.282. The summed E-state index contributed by atoms with van der Waals surface area (Å²) in [7, 11) is -4.63. The maximum absolute atomic E-state index is 12.0. The highest BCUT2D eigenvalue weighted by atomic mass is 32.2. The Kier molecular flexibility index (Phi) is 8.41. The van der Waals surface area contributed by atoms with Gasteiger partial charge in [0.05, 0.1) is 27.4 Å². The minimum atomic E-state index is -3.35. The molecular weight excluding hydrogens is 501 g/mol. The molecule has 3 rings (SSSR count). The van der Waals surface area contributed by atoms with Crippen molar-refractivity contribution in [3.63, 3.8) is 0 Å². The van der Waals surface area contributed by atoms with Gasteiger partial charge < -0.3 is 19.9 Å². The fourth-order valence-electron chi connectivity index (χ4n) is 3.56. The van der Waals surface area contributed by atoms with Gasteiger partial charge in [-0.1, -0.05) is 42.5 Å². The van der Waals surface area contributed by atoms with E-state index in [0.717, 1.165) is 23.0 Å². The van der Waals surface area contributed by atoms with E-state index < -0.39 is 33.8 Å². The molecule has 0 fully saturated rings. The fourth-order valence-corrected chi connectivity index (χ4v) is 4.19. The van der Waals surface area contributed by atoms with Crippen molar-refractivity contribution >= 4 is 34.1 Å². The van der Waals surface area contributed by atoms with Crippen molar-refractivity contribution in [3.8, 4) is 0 Å². The molecule has 1 aromatic heterocycles. The van der Waals surface area contributed by atoms with Crippen LogP contribution >= 0.6 is 0 Å². The van der Waals surface area contributed by atoms with Gasteiger partial charge in [0.2, 0.25) is 0 Å². The van der Waals surface area contributed by atoms with Gasteiger partial charge in [-0.15, -0.1) is 0 Å². The summed E-state index contributed by atoms with van der Waals surface area (Å²) in [4.78, 5) is 4.78. The Bertz CT molecular complexity index is 1400. The minimum absolute atomic E-state index is 0.211. The van der Waals surface area contributed by atoms with Crippen molar-refractivity contribution in [2.24, 2.45) is 0 Å². The SMILES string of the molecule is CC(C)(O)c1ccc(/C(=C/c2cccc(B(O)OC(C)(C)C(C)(C)O)c2)c2ccc(S(C)(=O)=O)cc2)nc1. The summed E-state index contributed by atoms with van der Waals surface area (Å²) >= 11 is 0. The molecule has 0 amide bonds. The highest BCUT2D eigenvalue weighted by Gasteiger charge is 2.39. The molecule has 0 saturated carbocycles. The smallest absolute Gasteiger partial charge is 0.423 e. The van der Waals surface area contributed by atoms with E-state index in [-0.39, 0.29) is 4.90 Å². The van der Waals surface area contributed by atoms with E-state index in [0.29, 0.717) is 16.7 Å². The molecule has 3 N–H and O–H groups in total. The van der Waals surface area contributed by atoms with Gasteiger partial charge in [-0.3, -0.25) is 4.98 Å². The predicted molar refractivity (Wildman–Crippen MR) is 152 cm³/mol. The average Bonchev–Trinajstić information content (AvgIpc) is 2.81. The van der Waals surface area contributed by atoms with Gasteiger partial charge in [-0.2, -0.15) is 0 Å². The van der Waals surface area contributed by atoms with Gasteiger partial charge >= 0.3 is 7.12 Å².